The number of halogens is 3. The number of likely N-dealkylation sites (N-methyl/N-ethyl adjacent to an activating group) is 1. The fourth-order valence-electron chi connectivity index (χ4n) is 3.63. The predicted octanol–water partition coefficient (Wildman–Crippen LogP) is 3.96. The van der Waals surface area contributed by atoms with Crippen molar-refractivity contribution in [3.8, 4) is 11.5 Å². The van der Waals surface area contributed by atoms with Crippen LogP contribution in [0.15, 0.2) is 41.3 Å². The van der Waals surface area contributed by atoms with Crippen molar-refractivity contribution < 1.29 is 28.3 Å². The van der Waals surface area contributed by atoms with Crippen LogP contribution in [0.2, 0.25) is 5.02 Å². The third-order valence-corrected chi connectivity index (χ3v) is 6.89. The summed E-state index contributed by atoms with van der Waals surface area (Å²) in [6.45, 7) is 3.52. The van der Waals surface area contributed by atoms with Gasteiger partial charge in [0.25, 0.3) is 5.91 Å². The molecule has 1 saturated heterocycles. The lowest BCUT2D eigenvalue weighted by Gasteiger charge is -2.24. The molecule has 0 unspecified atom stereocenters. The lowest BCUT2D eigenvalue weighted by Crippen LogP contribution is -2.44. The summed E-state index contributed by atoms with van der Waals surface area (Å²) < 4.78 is 36.2. The monoisotopic (exact) mass is 557 g/mol. The van der Waals surface area contributed by atoms with Gasteiger partial charge in [0.15, 0.2) is 17.4 Å². The van der Waals surface area contributed by atoms with Gasteiger partial charge in [0.05, 0.1) is 6.54 Å². The minimum Gasteiger partial charge on any atom is -0.451 e. The highest BCUT2D eigenvalue weighted by Crippen LogP contribution is 2.33. The van der Waals surface area contributed by atoms with Gasteiger partial charge in [-0.3, -0.25) is 10.0 Å². The summed E-state index contributed by atoms with van der Waals surface area (Å²) in [5, 5.41) is 12.2. The molecule has 3 N–H and O–H groups in total. The van der Waals surface area contributed by atoms with E-state index in [9.17, 15) is 18.4 Å². The lowest BCUT2D eigenvalue weighted by atomic mass is 10.3. The standard InChI is InChI=1S/C24H30ClF2N5O4S/c1-30(24(34)28-8-11-31-9-2-3-10-31)12-13-32(16-22(33)29-35)37-19-14-20(26)23(21(27)15-19)36-18-6-4-17(25)5-7-18/h4-7,14-15,35H,2-3,8-13,16H2,1H3,(H,28,34)(H,29,33). The zero-order valence-corrected chi connectivity index (χ0v) is 22.0. The quantitative estimate of drug-likeness (QED) is 0.206. The lowest BCUT2D eigenvalue weighted by molar-refractivity contribution is -0.129. The SMILES string of the molecule is CN(CCN(CC(=O)NO)Sc1cc(F)c(Oc2ccc(Cl)cc2)c(F)c1)C(=O)NCCN1CCCC1. The number of hydroxylamine groups is 1. The molecule has 2 aromatic rings. The van der Waals surface area contributed by atoms with Gasteiger partial charge in [-0.05, 0) is 74.3 Å². The first kappa shape index (κ1) is 28.9. The van der Waals surface area contributed by atoms with Crippen LogP contribution in [0.25, 0.3) is 0 Å². The van der Waals surface area contributed by atoms with Crippen molar-refractivity contribution >= 4 is 35.5 Å². The Balaban J connectivity index is 1.58. The van der Waals surface area contributed by atoms with Gasteiger partial charge in [0.1, 0.15) is 5.75 Å². The molecule has 3 amide bonds. The molecule has 202 valence electrons. The topological polar surface area (TPSA) is 97.4 Å². The highest BCUT2D eigenvalue weighted by atomic mass is 35.5. The molecule has 1 aliphatic heterocycles. The third kappa shape index (κ3) is 9.31. The number of ether oxygens (including phenoxy) is 1. The predicted molar refractivity (Wildman–Crippen MR) is 137 cm³/mol. The van der Waals surface area contributed by atoms with Crippen molar-refractivity contribution in [3.05, 3.63) is 53.1 Å². The fraction of sp³-hybridized carbons (Fsp3) is 0.417. The van der Waals surface area contributed by atoms with Gasteiger partial charge in [-0.1, -0.05) is 11.6 Å². The Morgan fingerprint density at radius 1 is 1.14 bits per heavy atom. The molecular weight excluding hydrogens is 528 g/mol. The fourth-order valence-corrected chi connectivity index (χ4v) is 4.73. The second-order valence-electron chi connectivity index (χ2n) is 8.46. The van der Waals surface area contributed by atoms with Gasteiger partial charge in [-0.25, -0.2) is 23.4 Å². The van der Waals surface area contributed by atoms with Crippen LogP contribution in [0, 0.1) is 11.6 Å². The first-order valence-electron chi connectivity index (χ1n) is 11.7. The molecule has 13 heteroatoms. The molecule has 3 rings (SSSR count). The van der Waals surface area contributed by atoms with Crippen molar-refractivity contribution in [2.24, 2.45) is 0 Å². The van der Waals surface area contributed by atoms with E-state index < -0.39 is 23.3 Å². The molecule has 0 aromatic heterocycles. The van der Waals surface area contributed by atoms with E-state index in [0.29, 0.717) is 11.6 Å². The molecule has 0 bridgehead atoms. The van der Waals surface area contributed by atoms with Gasteiger partial charge in [0, 0.05) is 43.1 Å². The number of rotatable bonds is 12. The van der Waals surface area contributed by atoms with Crippen LogP contribution < -0.4 is 15.5 Å². The molecule has 2 aromatic carbocycles. The van der Waals surface area contributed by atoms with Crippen LogP contribution in [0.1, 0.15) is 12.8 Å². The molecule has 0 radical (unpaired) electrons. The first-order chi connectivity index (χ1) is 17.7. The van der Waals surface area contributed by atoms with Crippen molar-refractivity contribution in [1.29, 1.82) is 0 Å². The maximum atomic E-state index is 14.7. The van der Waals surface area contributed by atoms with E-state index in [-0.39, 0.29) is 36.3 Å². The number of hydrogen-bond acceptors (Lipinski definition) is 7. The Morgan fingerprint density at radius 2 is 1.78 bits per heavy atom. The molecule has 0 saturated carbocycles. The van der Waals surface area contributed by atoms with E-state index >= 15 is 0 Å². The molecule has 37 heavy (non-hydrogen) atoms. The Morgan fingerprint density at radius 3 is 2.41 bits per heavy atom. The summed E-state index contributed by atoms with van der Waals surface area (Å²) in [5.41, 5.74) is 1.54. The first-order valence-corrected chi connectivity index (χ1v) is 12.9. The number of nitrogens with zero attached hydrogens (tertiary/aromatic N) is 3. The zero-order valence-electron chi connectivity index (χ0n) is 20.4. The average molecular weight is 558 g/mol. The number of carbonyl (C=O) groups is 2. The Labute approximate surface area is 223 Å². The summed E-state index contributed by atoms with van der Waals surface area (Å²) in [5.74, 6) is -2.94. The molecular formula is C24H30ClF2N5O4S. The molecule has 1 fully saturated rings. The van der Waals surface area contributed by atoms with Crippen LogP contribution in [0.3, 0.4) is 0 Å². The second-order valence-corrected chi connectivity index (χ2v) is 10.1. The summed E-state index contributed by atoms with van der Waals surface area (Å²) in [4.78, 5) is 28.1. The summed E-state index contributed by atoms with van der Waals surface area (Å²) >= 11 is 6.73. The number of benzene rings is 2. The average Bonchev–Trinajstić information content (AvgIpc) is 3.39. The van der Waals surface area contributed by atoms with Crippen molar-refractivity contribution in [2.75, 3.05) is 52.9 Å². The van der Waals surface area contributed by atoms with Gasteiger partial charge in [-0.2, -0.15) is 0 Å². The van der Waals surface area contributed by atoms with E-state index in [4.69, 9.17) is 21.5 Å². The van der Waals surface area contributed by atoms with Gasteiger partial charge in [-0.15, -0.1) is 0 Å². The highest BCUT2D eigenvalue weighted by molar-refractivity contribution is 7.97. The third-order valence-electron chi connectivity index (χ3n) is 5.62. The number of amides is 3. The highest BCUT2D eigenvalue weighted by Gasteiger charge is 2.19. The molecule has 1 heterocycles. The Hall–Kier alpha value is -2.64. The van der Waals surface area contributed by atoms with Crippen molar-refractivity contribution in [3.63, 3.8) is 0 Å². The van der Waals surface area contributed by atoms with E-state index in [1.807, 2.05) is 0 Å². The second kappa shape index (κ2) is 14.3. The summed E-state index contributed by atoms with van der Waals surface area (Å²) in [6, 6.07) is 7.93. The minimum absolute atomic E-state index is 0.168. The van der Waals surface area contributed by atoms with E-state index in [1.54, 1.807) is 12.5 Å². The number of carbonyl (C=O) groups excluding carboxylic acids is 2. The number of nitrogens with one attached hydrogen (secondary N) is 2. The van der Waals surface area contributed by atoms with Crippen LogP contribution >= 0.6 is 23.5 Å². The molecule has 0 spiro atoms. The molecule has 9 nitrogen and oxygen atoms in total. The zero-order chi connectivity index (χ0) is 26.8. The van der Waals surface area contributed by atoms with Crippen LogP contribution in [-0.4, -0.2) is 84.1 Å². The van der Waals surface area contributed by atoms with Crippen LogP contribution in [0.4, 0.5) is 13.6 Å². The smallest absolute Gasteiger partial charge is 0.317 e. The summed E-state index contributed by atoms with van der Waals surface area (Å²) in [7, 11) is 1.61. The maximum absolute atomic E-state index is 14.7. The van der Waals surface area contributed by atoms with E-state index in [0.717, 1.165) is 43.7 Å². The molecule has 1 aliphatic rings. The van der Waals surface area contributed by atoms with Gasteiger partial charge in [0.2, 0.25) is 0 Å². The van der Waals surface area contributed by atoms with Crippen LogP contribution in [0.5, 0.6) is 11.5 Å². The number of urea groups is 1. The normalized spacial score (nSPS) is 13.6. The minimum atomic E-state index is -0.932. The van der Waals surface area contributed by atoms with Crippen molar-refractivity contribution in [1.82, 2.24) is 24.9 Å². The van der Waals surface area contributed by atoms with E-state index in [1.165, 1.54) is 46.3 Å². The van der Waals surface area contributed by atoms with Crippen LogP contribution in [-0.2, 0) is 4.79 Å². The van der Waals surface area contributed by atoms with Crippen molar-refractivity contribution in [2.45, 2.75) is 17.7 Å². The maximum Gasteiger partial charge on any atom is 0.317 e. The Bertz CT molecular complexity index is 1040. The number of hydrogen-bond donors (Lipinski definition) is 3. The molecule has 0 aliphatic carbocycles. The van der Waals surface area contributed by atoms with Gasteiger partial charge >= 0.3 is 6.03 Å². The summed E-state index contributed by atoms with van der Waals surface area (Å²) in [6.07, 6.45) is 2.35. The molecule has 0 atom stereocenters. The number of likely N-dealkylation sites (tertiary alicyclic amines) is 1. The van der Waals surface area contributed by atoms with E-state index in [2.05, 4.69) is 10.2 Å². The Kier molecular flexibility index (Phi) is 11.2. The largest absolute Gasteiger partial charge is 0.451 e. The van der Waals surface area contributed by atoms with Gasteiger partial charge < -0.3 is 19.9 Å².